The van der Waals surface area contributed by atoms with Gasteiger partial charge in [-0.15, -0.1) is 22.7 Å². The smallest absolute Gasteiger partial charge is 0.274 e. The molecule has 0 spiro atoms. The van der Waals surface area contributed by atoms with Crippen molar-refractivity contribution in [1.82, 2.24) is 14.3 Å². The number of carbonyl (C=O) groups excluding carboxylic acids is 1. The Kier molecular flexibility index (Phi) is 4.86. The van der Waals surface area contributed by atoms with Crippen LogP contribution in [0.25, 0.3) is 5.65 Å². The Hall–Kier alpha value is -2.44. The van der Waals surface area contributed by atoms with Crippen molar-refractivity contribution in [2.75, 3.05) is 6.54 Å². The molecular formula is C20H19N3OS2. The number of imidazole rings is 1. The first-order valence-electron chi connectivity index (χ1n) is 8.48. The van der Waals surface area contributed by atoms with E-state index in [1.165, 1.54) is 9.75 Å². The lowest BCUT2D eigenvalue weighted by Crippen LogP contribution is -2.32. The third-order valence-corrected chi connectivity index (χ3v) is 6.05. The molecular weight excluding hydrogens is 362 g/mol. The summed E-state index contributed by atoms with van der Waals surface area (Å²) in [5, 5.41) is 4.12. The number of aryl methyl sites for hydroxylation is 1. The Morgan fingerprint density at radius 2 is 1.92 bits per heavy atom. The molecule has 132 valence electrons. The molecule has 4 aromatic rings. The number of fused-ring (bicyclic) bond motifs is 1. The molecule has 0 bridgehead atoms. The van der Waals surface area contributed by atoms with Crippen LogP contribution in [0, 0.1) is 6.92 Å². The second-order valence-corrected chi connectivity index (χ2v) is 8.30. The summed E-state index contributed by atoms with van der Waals surface area (Å²) in [6.07, 6.45) is 4.63. The van der Waals surface area contributed by atoms with Gasteiger partial charge in [-0.2, -0.15) is 0 Å². The van der Waals surface area contributed by atoms with Crippen LogP contribution in [0.4, 0.5) is 0 Å². The Bertz CT molecular complexity index is 1000. The zero-order valence-electron chi connectivity index (χ0n) is 14.5. The van der Waals surface area contributed by atoms with Gasteiger partial charge in [0, 0.05) is 28.7 Å². The number of hydrogen-bond acceptors (Lipinski definition) is 4. The maximum atomic E-state index is 13.1. The fraction of sp³-hybridized carbons (Fsp3) is 0.200. The van der Waals surface area contributed by atoms with E-state index in [-0.39, 0.29) is 5.91 Å². The molecule has 4 heterocycles. The summed E-state index contributed by atoms with van der Waals surface area (Å²) in [4.78, 5) is 22.1. The molecule has 0 atom stereocenters. The van der Waals surface area contributed by atoms with Gasteiger partial charge in [-0.25, -0.2) is 4.98 Å². The van der Waals surface area contributed by atoms with Crippen LogP contribution in [0.2, 0.25) is 0 Å². The fourth-order valence-corrected chi connectivity index (χ4v) is 4.31. The largest absolute Gasteiger partial charge is 0.332 e. The van der Waals surface area contributed by atoms with E-state index in [1.54, 1.807) is 22.7 Å². The minimum atomic E-state index is -0.0173. The summed E-state index contributed by atoms with van der Waals surface area (Å²) in [6.45, 7) is 3.33. The van der Waals surface area contributed by atoms with Crippen molar-refractivity contribution in [2.24, 2.45) is 0 Å². The van der Waals surface area contributed by atoms with Crippen LogP contribution in [0.3, 0.4) is 0 Å². The molecule has 4 nitrogen and oxygen atoms in total. The molecule has 0 unspecified atom stereocenters. The van der Waals surface area contributed by atoms with Crippen LogP contribution in [0.5, 0.6) is 0 Å². The lowest BCUT2D eigenvalue weighted by Gasteiger charge is -2.21. The topological polar surface area (TPSA) is 37.6 Å². The Morgan fingerprint density at radius 3 is 2.65 bits per heavy atom. The average molecular weight is 382 g/mol. The molecule has 0 aliphatic carbocycles. The van der Waals surface area contributed by atoms with Gasteiger partial charge in [0.25, 0.3) is 5.91 Å². The van der Waals surface area contributed by atoms with Crippen molar-refractivity contribution in [2.45, 2.75) is 19.9 Å². The van der Waals surface area contributed by atoms with Gasteiger partial charge in [-0.05, 0) is 53.9 Å². The number of aromatic nitrogens is 2. The van der Waals surface area contributed by atoms with Gasteiger partial charge in [0.05, 0.1) is 6.54 Å². The van der Waals surface area contributed by atoms with E-state index in [0.29, 0.717) is 18.8 Å². The molecule has 4 rings (SSSR count). The summed E-state index contributed by atoms with van der Waals surface area (Å²) in [5.41, 5.74) is 2.44. The summed E-state index contributed by atoms with van der Waals surface area (Å²) in [5.74, 6) is -0.0173. The van der Waals surface area contributed by atoms with Crippen LogP contribution >= 0.6 is 22.7 Å². The van der Waals surface area contributed by atoms with Gasteiger partial charge in [-0.3, -0.25) is 4.79 Å². The highest BCUT2D eigenvalue weighted by molar-refractivity contribution is 7.10. The van der Waals surface area contributed by atoms with Gasteiger partial charge in [0.1, 0.15) is 11.3 Å². The number of carbonyl (C=O) groups is 1. The van der Waals surface area contributed by atoms with E-state index in [0.717, 1.165) is 17.6 Å². The molecule has 0 radical (unpaired) electrons. The van der Waals surface area contributed by atoms with E-state index in [1.807, 2.05) is 52.2 Å². The van der Waals surface area contributed by atoms with Crippen LogP contribution in [-0.4, -0.2) is 26.7 Å². The molecule has 1 amide bonds. The van der Waals surface area contributed by atoms with Gasteiger partial charge in [0.15, 0.2) is 0 Å². The van der Waals surface area contributed by atoms with E-state index in [2.05, 4.69) is 28.6 Å². The van der Waals surface area contributed by atoms with Crippen molar-refractivity contribution in [1.29, 1.82) is 0 Å². The van der Waals surface area contributed by atoms with Gasteiger partial charge in [-0.1, -0.05) is 12.1 Å². The summed E-state index contributed by atoms with van der Waals surface area (Å²) < 4.78 is 1.91. The van der Waals surface area contributed by atoms with Gasteiger partial charge < -0.3 is 9.30 Å². The van der Waals surface area contributed by atoms with Crippen LogP contribution in [0.1, 0.15) is 25.8 Å². The van der Waals surface area contributed by atoms with E-state index >= 15 is 0 Å². The second kappa shape index (κ2) is 7.43. The summed E-state index contributed by atoms with van der Waals surface area (Å²) >= 11 is 3.41. The van der Waals surface area contributed by atoms with E-state index in [9.17, 15) is 4.79 Å². The minimum absolute atomic E-state index is 0.0173. The second-order valence-electron chi connectivity index (χ2n) is 6.23. The van der Waals surface area contributed by atoms with Crippen molar-refractivity contribution < 1.29 is 4.79 Å². The molecule has 0 N–H and O–H groups in total. The predicted molar refractivity (Wildman–Crippen MR) is 107 cm³/mol. The van der Waals surface area contributed by atoms with Crippen molar-refractivity contribution in [3.8, 4) is 0 Å². The number of thiophene rings is 2. The first-order chi connectivity index (χ1) is 12.7. The monoisotopic (exact) mass is 381 g/mol. The number of rotatable bonds is 6. The number of pyridine rings is 1. The number of nitrogens with zero attached hydrogens (tertiary/aromatic N) is 3. The highest BCUT2D eigenvalue weighted by Crippen LogP contribution is 2.17. The van der Waals surface area contributed by atoms with Gasteiger partial charge >= 0.3 is 0 Å². The first-order valence-corrected chi connectivity index (χ1v) is 10.2. The molecule has 0 aromatic carbocycles. The summed E-state index contributed by atoms with van der Waals surface area (Å²) in [6, 6.07) is 12.3. The van der Waals surface area contributed by atoms with E-state index in [4.69, 9.17) is 0 Å². The third-order valence-electron chi connectivity index (χ3n) is 4.26. The molecule has 0 fully saturated rings. The highest BCUT2D eigenvalue weighted by atomic mass is 32.1. The van der Waals surface area contributed by atoms with Crippen molar-refractivity contribution >= 4 is 34.2 Å². The SMILES string of the molecule is Cc1ccn2cc(C(=O)N(CCc3cccs3)Cc3cccs3)nc2c1. The van der Waals surface area contributed by atoms with Crippen molar-refractivity contribution in [3.05, 3.63) is 80.6 Å². The molecule has 0 saturated carbocycles. The highest BCUT2D eigenvalue weighted by Gasteiger charge is 2.20. The Labute approximate surface area is 160 Å². The summed E-state index contributed by atoms with van der Waals surface area (Å²) in [7, 11) is 0. The maximum absolute atomic E-state index is 13.1. The average Bonchev–Trinajstić information content (AvgIpc) is 3.38. The Balaban J connectivity index is 1.58. The van der Waals surface area contributed by atoms with Crippen LogP contribution in [0.15, 0.2) is 59.6 Å². The molecule has 0 saturated heterocycles. The zero-order valence-corrected chi connectivity index (χ0v) is 16.1. The van der Waals surface area contributed by atoms with Crippen LogP contribution in [-0.2, 0) is 13.0 Å². The predicted octanol–water partition coefficient (Wildman–Crippen LogP) is 4.65. The molecule has 26 heavy (non-hydrogen) atoms. The Morgan fingerprint density at radius 1 is 1.15 bits per heavy atom. The lowest BCUT2D eigenvalue weighted by atomic mass is 10.3. The van der Waals surface area contributed by atoms with E-state index < -0.39 is 0 Å². The molecule has 6 heteroatoms. The first kappa shape index (κ1) is 17.0. The van der Waals surface area contributed by atoms with Crippen LogP contribution < -0.4 is 0 Å². The number of amides is 1. The quantitative estimate of drug-likeness (QED) is 0.487. The normalized spacial score (nSPS) is 11.1. The molecule has 4 aromatic heterocycles. The third kappa shape index (κ3) is 3.71. The maximum Gasteiger partial charge on any atom is 0.274 e. The number of hydrogen-bond donors (Lipinski definition) is 0. The lowest BCUT2D eigenvalue weighted by molar-refractivity contribution is 0.0742. The van der Waals surface area contributed by atoms with Gasteiger partial charge in [0.2, 0.25) is 0 Å². The standard InChI is InChI=1S/C20H19N3OS2/c1-15-6-8-22-14-18(21-19(22)12-15)20(24)23(13-17-5-3-11-26-17)9-7-16-4-2-10-25-16/h2-6,8,10-12,14H,7,9,13H2,1H3. The van der Waals surface area contributed by atoms with Crippen molar-refractivity contribution in [3.63, 3.8) is 0 Å². The fourth-order valence-electron chi connectivity index (χ4n) is 2.89. The molecule has 0 aliphatic heterocycles. The molecule has 0 aliphatic rings. The zero-order chi connectivity index (χ0) is 17.9. The minimum Gasteiger partial charge on any atom is -0.332 e.